The molecule has 2 aromatic carbocycles. The lowest BCUT2D eigenvalue weighted by Gasteiger charge is -2.29. The van der Waals surface area contributed by atoms with E-state index in [2.05, 4.69) is 118 Å². The van der Waals surface area contributed by atoms with Crippen molar-refractivity contribution >= 4 is 132 Å². The first-order valence-corrected chi connectivity index (χ1v) is 21.1. The maximum Gasteiger partial charge on any atom is 0.328 e. The lowest BCUT2D eigenvalue weighted by atomic mass is 9.96. The SMILES string of the molecule is Brc1c(Br)c2c3c(nc(N4CCNCC4)n3CCC2)c1Br.Cc1c(Br)c(Br)c2c3c1nc(C1CCN(C)CC1)n3CCC2.Cl.O=C(O)C=CC(=O)O. The number of benzene rings is 2. The summed E-state index contributed by atoms with van der Waals surface area (Å²) in [5.41, 5.74) is 9.03. The summed E-state index contributed by atoms with van der Waals surface area (Å²) in [4.78, 5) is 34.0. The number of hydrogen-bond donors (Lipinski definition) is 3. The fraction of sp³-hybridized carbons (Fsp3) is 0.486. The molecule has 8 rings (SSSR count). The Morgan fingerprint density at radius 1 is 0.731 bits per heavy atom. The Morgan fingerprint density at radius 2 is 1.27 bits per heavy atom. The first-order valence-electron chi connectivity index (χ1n) is 17.1. The summed E-state index contributed by atoms with van der Waals surface area (Å²) < 4.78 is 10.6. The first-order chi connectivity index (χ1) is 24.4. The van der Waals surface area contributed by atoms with Gasteiger partial charge < -0.3 is 34.5 Å². The Hall–Kier alpha value is -1.53. The molecule has 2 aromatic heterocycles. The highest BCUT2D eigenvalue weighted by Gasteiger charge is 2.30. The van der Waals surface area contributed by atoms with Gasteiger partial charge in [-0.05, 0) is 162 Å². The Balaban J connectivity index is 0.000000165. The van der Waals surface area contributed by atoms with Gasteiger partial charge in [-0.15, -0.1) is 12.4 Å². The Bertz CT molecular complexity index is 2000. The summed E-state index contributed by atoms with van der Waals surface area (Å²) in [5, 5.41) is 19.0. The maximum atomic E-state index is 9.55. The molecule has 4 aromatic rings. The van der Waals surface area contributed by atoms with Gasteiger partial charge >= 0.3 is 11.9 Å². The molecule has 2 saturated heterocycles. The number of hydrogen-bond acceptors (Lipinski definition) is 7. The number of aromatic nitrogens is 4. The molecular weight excluding hydrogens is 1020 g/mol. The van der Waals surface area contributed by atoms with E-state index < -0.39 is 11.9 Å². The van der Waals surface area contributed by atoms with E-state index in [1.54, 1.807) is 0 Å². The van der Waals surface area contributed by atoms with E-state index in [1.807, 2.05) is 0 Å². The molecule has 0 spiro atoms. The van der Waals surface area contributed by atoms with E-state index in [0.717, 1.165) is 77.0 Å². The summed E-state index contributed by atoms with van der Waals surface area (Å²) in [7, 11) is 2.22. The second kappa shape index (κ2) is 17.9. The van der Waals surface area contributed by atoms with Gasteiger partial charge in [0, 0.05) is 75.2 Å². The minimum absolute atomic E-state index is 0. The zero-order valence-electron chi connectivity index (χ0n) is 28.8. The van der Waals surface area contributed by atoms with E-state index in [-0.39, 0.29) is 12.4 Å². The van der Waals surface area contributed by atoms with Crippen LogP contribution >= 0.6 is 92.1 Å². The number of anilines is 1. The summed E-state index contributed by atoms with van der Waals surface area (Å²) in [6.45, 7) is 10.9. The van der Waals surface area contributed by atoms with Crippen molar-refractivity contribution in [2.45, 2.75) is 64.5 Å². The molecular formula is C35H41Br5ClN7O4. The number of carbonyl (C=O) groups is 2. The van der Waals surface area contributed by atoms with Crippen molar-refractivity contribution in [2.24, 2.45) is 0 Å². The third kappa shape index (κ3) is 8.48. The largest absolute Gasteiger partial charge is 0.478 e. The van der Waals surface area contributed by atoms with Gasteiger partial charge in [0.1, 0.15) is 11.3 Å². The van der Waals surface area contributed by atoms with Crippen LogP contribution in [0.15, 0.2) is 34.5 Å². The number of carboxylic acids is 2. The molecule has 3 N–H and O–H groups in total. The molecule has 0 atom stereocenters. The minimum Gasteiger partial charge on any atom is -0.478 e. The molecule has 0 amide bonds. The number of imidazole rings is 2. The van der Waals surface area contributed by atoms with Crippen LogP contribution in [0.2, 0.25) is 0 Å². The lowest BCUT2D eigenvalue weighted by Crippen LogP contribution is -2.44. The summed E-state index contributed by atoms with van der Waals surface area (Å²) >= 11 is 18.7. The first kappa shape index (κ1) is 41.6. The Morgan fingerprint density at radius 3 is 1.85 bits per heavy atom. The van der Waals surface area contributed by atoms with Crippen molar-refractivity contribution in [3.63, 3.8) is 0 Å². The average Bonchev–Trinajstić information content (AvgIpc) is 3.72. The lowest BCUT2D eigenvalue weighted by molar-refractivity contribution is -0.134. The number of nitrogens with one attached hydrogen (secondary N) is 1. The van der Waals surface area contributed by atoms with Crippen LogP contribution in [0.1, 0.15) is 54.1 Å². The predicted molar refractivity (Wildman–Crippen MR) is 226 cm³/mol. The molecule has 52 heavy (non-hydrogen) atoms. The highest BCUT2D eigenvalue weighted by atomic mass is 79.9. The third-order valence-electron chi connectivity index (χ3n) is 9.99. The number of piperidine rings is 1. The number of piperazine rings is 1. The molecule has 2 fully saturated rings. The zero-order chi connectivity index (χ0) is 36.6. The number of aliphatic carboxylic acids is 2. The van der Waals surface area contributed by atoms with Gasteiger partial charge in [-0.1, -0.05) is 0 Å². The molecule has 0 saturated carbocycles. The zero-order valence-corrected chi connectivity index (χ0v) is 37.6. The average molecular weight is 1060 g/mol. The molecule has 4 aliphatic rings. The molecule has 11 nitrogen and oxygen atoms in total. The standard InChI is InChI=1S/C17H21Br2N3.C14H15Br3N4.C4H4O4.ClH/c1-10-13(18)14(19)12-4-3-7-22-16(12)15(10)20-17(22)11-5-8-21(2)9-6-11;15-9-8-2-1-5-21-13(8)12(11(17)10(9)16)19-14(21)20-6-3-18-4-7-20;5-3(6)1-2-4(7)8;/h11H,3-9H2,1-2H3;18H,1-7H2;1-2H,(H,5,6)(H,7,8);1H. The number of halogens is 6. The van der Waals surface area contributed by atoms with Gasteiger partial charge in [-0.2, -0.15) is 0 Å². The summed E-state index contributed by atoms with van der Waals surface area (Å²) in [5.74, 6) is 0.557. The van der Waals surface area contributed by atoms with Crippen LogP contribution in [0.5, 0.6) is 0 Å². The van der Waals surface area contributed by atoms with Crippen molar-refractivity contribution in [3.8, 4) is 0 Å². The van der Waals surface area contributed by atoms with Crippen LogP contribution in [-0.4, -0.2) is 92.5 Å². The molecule has 17 heteroatoms. The fourth-order valence-corrected chi connectivity index (χ4v) is 10.3. The van der Waals surface area contributed by atoms with Gasteiger partial charge in [-0.25, -0.2) is 19.6 Å². The highest BCUT2D eigenvalue weighted by molar-refractivity contribution is 9.14. The van der Waals surface area contributed by atoms with Gasteiger partial charge in [0.05, 0.1) is 21.0 Å². The van der Waals surface area contributed by atoms with Crippen LogP contribution in [0.4, 0.5) is 5.95 Å². The highest BCUT2D eigenvalue weighted by Crippen LogP contribution is 2.45. The summed E-state index contributed by atoms with van der Waals surface area (Å²) in [6, 6.07) is 0. The van der Waals surface area contributed by atoms with Crippen LogP contribution < -0.4 is 10.2 Å². The van der Waals surface area contributed by atoms with Crippen LogP contribution in [-0.2, 0) is 35.5 Å². The molecule has 0 radical (unpaired) electrons. The smallest absolute Gasteiger partial charge is 0.328 e. The molecule has 0 unspecified atom stereocenters. The van der Waals surface area contributed by atoms with Gasteiger partial charge in [-0.3, -0.25) is 0 Å². The van der Waals surface area contributed by atoms with Crippen LogP contribution in [0.3, 0.4) is 0 Å². The molecule has 0 bridgehead atoms. The maximum absolute atomic E-state index is 9.55. The number of carboxylic acid groups (broad SMARTS) is 2. The van der Waals surface area contributed by atoms with E-state index in [4.69, 9.17) is 20.2 Å². The number of likely N-dealkylation sites (tertiary alicyclic amines) is 1. The van der Waals surface area contributed by atoms with Crippen LogP contribution in [0.25, 0.3) is 22.1 Å². The molecule has 0 aliphatic carbocycles. The van der Waals surface area contributed by atoms with E-state index in [1.165, 1.54) is 86.8 Å². The van der Waals surface area contributed by atoms with Gasteiger partial charge in [0.2, 0.25) is 5.95 Å². The molecule has 4 aliphatic heterocycles. The van der Waals surface area contributed by atoms with E-state index in [9.17, 15) is 9.59 Å². The van der Waals surface area contributed by atoms with Crippen molar-refractivity contribution in [1.29, 1.82) is 0 Å². The quantitative estimate of drug-likeness (QED) is 0.136. The number of rotatable bonds is 4. The topological polar surface area (TPSA) is 129 Å². The van der Waals surface area contributed by atoms with Crippen molar-refractivity contribution in [1.82, 2.24) is 29.3 Å². The van der Waals surface area contributed by atoms with E-state index in [0.29, 0.717) is 18.1 Å². The van der Waals surface area contributed by atoms with Crippen molar-refractivity contribution < 1.29 is 19.8 Å². The molecule has 6 heterocycles. The Labute approximate surface area is 351 Å². The third-order valence-corrected chi connectivity index (χ3v) is 15.9. The minimum atomic E-state index is -1.26. The number of nitrogens with zero attached hydrogens (tertiary/aromatic N) is 6. The second-order valence-corrected chi connectivity index (χ2v) is 17.2. The van der Waals surface area contributed by atoms with Crippen molar-refractivity contribution in [2.75, 3.05) is 51.2 Å². The number of aryl methyl sites for hydroxylation is 5. The monoisotopic (exact) mass is 1050 g/mol. The molecule has 282 valence electrons. The van der Waals surface area contributed by atoms with Gasteiger partial charge in [0.25, 0.3) is 0 Å². The van der Waals surface area contributed by atoms with Crippen LogP contribution in [0, 0.1) is 6.92 Å². The summed E-state index contributed by atoms with van der Waals surface area (Å²) in [6.07, 6.45) is 8.22. The normalized spacial score (nSPS) is 17.4. The Kier molecular flexibility index (Phi) is 14.4. The fourth-order valence-electron chi connectivity index (χ4n) is 7.43. The van der Waals surface area contributed by atoms with Gasteiger partial charge in [0.15, 0.2) is 0 Å². The predicted octanol–water partition coefficient (Wildman–Crippen LogP) is 8.44. The van der Waals surface area contributed by atoms with E-state index >= 15 is 0 Å². The second-order valence-electron chi connectivity index (χ2n) is 13.3. The van der Waals surface area contributed by atoms with Crippen molar-refractivity contribution in [3.05, 3.63) is 57.0 Å².